The van der Waals surface area contributed by atoms with Gasteiger partial charge < -0.3 is 10.5 Å². The lowest BCUT2D eigenvalue weighted by atomic mass is 10.2. The monoisotopic (exact) mass is 400 g/mol. The molecule has 1 aromatic carbocycles. The van der Waals surface area contributed by atoms with Crippen LogP contribution in [0.2, 0.25) is 0 Å². The number of hydrogen-bond donors (Lipinski definition) is 2. The van der Waals surface area contributed by atoms with Crippen molar-refractivity contribution in [1.82, 2.24) is 9.55 Å². The number of hydrogen-bond acceptors (Lipinski definition) is 6. The summed E-state index contributed by atoms with van der Waals surface area (Å²) in [4.78, 5) is 41.8. The highest BCUT2D eigenvalue weighted by atomic mass is 32.1. The number of nitrogens with zero attached hydrogens (tertiary/aromatic N) is 2. The number of carbonyl (C=O) groups excluding carboxylic acids is 1. The minimum Gasteiger partial charge on any atom is -0.383 e. The highest BCUT2D eigenvalue weighted by Gasteiger charge is 2.25. The summed E-state index contributed by atoms with van der Waals surface area (Å²) in [7, 11) is 1.50. The fourth-order valence-electron chi connectivity index (χ4n) is 2.79. The summed E-state index contributed by atoms with van der Waals surface area (Å²) < 4.78 is 6.32. The van der Waals surface area contributed by atoms with E-state index in [1.807, 2.05) is 30.3 Å². The predicted octanol–water partition coefficient (Wildman–Crippen LogP) is 1.52. The first-order chi connectivity index (χ1) is 13.5. The molecule has 0 bridgehead atoms. The summed E-state index contributed by atoms with van der Waals surface area (Å²) in [6, 6.07) is 12.6. The molecule has 0 unspecified atom stereocenters. The van der Waals surface area contributed by atoms with Crippen molar-refractivity contribution in [2.45, 2.75) is 6.54 Å². The number of ether oxygens (including phenoxy) is 1. The molecule has 0 saturated carbocycles. The van der Waals surface area contributed by atoms with Crippen LogP contribution in [-0.4, -0.2) is 35.7 Å². The highest BCUT2D eigenvalue weighted by Crippen LogP contribution is 2.21. The van der Waals surface area contributed by atoms with E-state index in [9.17, 15) is 14.4 Å². The van der Waals surface area contributed by atoms with Crippen molar-refractivity contribution in [3.63, 3.8) is 0 Å². The summed E-state index contributed by atoms with van der Waals surface area (Å²) in [5.74, 6) is -0.451. The van der Waals surface area contributed by atoms with Crippen molar-refractivity contribution in [2.75, 3.05) is 30.9 Å². The Bertz CT molecular complexity index is 1060. The molecule has 0 aliphatic rings. The number of H-pyrrole nitrogens is 1. The highest BCUT2D eigenvalue weighted by molar-refractivity contribution is 7.12. The van der Waals surface area contributed by atoms with Crippen molar-refractivity contribution < 1.29 is 9.53 Å². The lowest BCUT2D eigenvalue weighted by molar-refractivity contribution is 0.0979. The first-order valence-corrected chi connectivity index (χ1v) is 9.41. The van der Waals surface area contributed by atoms with Crippen molar-refractivity contribution in [2.24, 2.45) is 0 Å². The Morgan fingerprint density at radius 3 is 2.61 bits per heavy atom. The third-order valence-corrected chi connectivity index (χ3v) is 5.02. The zero-order valence-electron chi connectivity index (χ0n) is 15.3. The Morgan fingerprint density at radius 1 is 1.21 bits per heavy atom. The van der Waals surface area contributed by atoms with Gasteiger partial charge in [0.05, 0.1) is 18.0 Å². The molecule has 28 heavy (non-hydrogen) atoms. The standard InChI is InChI=1S/C19H20N4O4S/c1-27-10-9-22(18(25)14-8-5-11-28-14)15-16(20)23(19(26)21-17(15)24)12-13-6-3-2-4-7-13/h2-8,11H,9-10,12,20H2,1H3,(H,21,24,26). The van der Waals surface area contributed by atoms with Crippen molar-refractivity contribution in [3.05, 3.63) is 79.1 Å². The minimum absolute atomic E-state index is 0.0639. The molecule has 0 atom stereocenters. The van der Waals surface area contributed by atoms with Gasteiger partial charge in [0.15, 0.2) is 5.69 Å². The van der Waals surface area contributed by atoms with Crippen LogP contribution in [0.5, 0.6) is 0 Å². The Morgan fingerprint density at radius 2 is 1.96 bits per heavy atom. The van der Waals surface area contributed by atoms with E-state index in [2.05, 4.69) is 4.98 Å². The normalized spacial score (nSPS) is 10.8. The van der Waals surface area contributed by atoms with E-state index in [0.717, 1.165) is 5.56 Å². The number of benzene rings is 1. The van der Waals surface area contributed by atoms with Crippen LogP contribution >= 0.6 is 11.3 Å². The second kappa shape index (κ2) is 8.68. The largest absolute Gasteiger partial charge is 0.383 e. The number of anilines is 2. The van der Waals surface area contributed by atoms with E-state index in [1.165, 1.54) is 27.9 Å². The van der Waals surface area contributed by atoms with Gasteiger partial charge in [0.1, 0.15) is 5.82 Å². The van der Waals surface area contributed by atoms with Crippen LogP contribution in [0.15, 0.2) is 57.4 Å². The Hall–Kier alpha value is -3.17. The molecule has 0 saturated heterocycles. The van der Waals surface area contributed by atoms with Gasteiger partial charge in [0, 0.05) is 13.7 Å². The lowest BCUT2D eigenvalue weighted by Gasteiger charge is -2.23. The maximum absolute atomic E-state index is 13.0. The van der Waals surface area contributed by atoms with E-state index in [1.54, 1.807) is 17.5 Å². The maximum atomic E-state index is 13.0. The Balaban J connectivity index is 2.09. The van der Waals surface area contributed by atoms with Gasteiger partial charge in [-0.2, -0.15) is 0 Å². The van der Waals surface area contributed by atoms with Gasteiger partial charge in [-0.25, -0.2) is 4.79 Å². The van der Waals surface area contributed by atoms with Crippen LogP contribution in [0.4, 0.5) is 11.5 Å². The van der Waals surface area contributed by atoms with E-state index in [0.29, 0.717) is 4.88 Å². The minimum atomic E-state index is -0.715. The molecule has 0 radical (unpaired) electrons. The third-order valence-electron chi connectivity index (χ3n) is 4.16. The van der Waals surface area contributed by atoms with Crippen LogP contribution in [0.25, 0.3) is 0 Å². The van der Waals surface area contributed by atoms with E-state index < -0.39 is 11.2 Å². The van der Waals surface area contributed by atoms with E-state index in [4.69, 9.17) is 10.5 Å². The number of thiophene rings is 1. The summed E-state index contributed by atoms with van der Waals surface area (Å²) >= 11 is 1.26. The Kier molecular flexibility index (Phi) is 6.07. The number of nitrogens with two attached hydrogens (primary N) is 1. The van der Waals surface area contributed by atoms with Crippen LogP contribution in [-0.2, 0) is 11.3 Å². The molecule has 9 heteroatoms. The number of nitrogens with one attached hydrogen (secondary N) is 1. The van der Waals surface area contributed by atoms with Gasteiger partial charge in [0.25, 0.3) is 11.5 Å². The van der Waals surface area contributed by atoms with Gasteiger partial charge in [-0.1, -0.05) is 36.4 Å². The van der Waals surface area contributed by atoms with Gasteiger partial charge >= 0.3 is 5.69 Å². The summed E-state index contributed by atoms with van der Waals surface area (Å²) in [5, 5.41) is 1.77. The van der Waals surface area contributed by atoms with Gasteiger partial charge in [-0.05, 0) is 17.0 Å². The molecule has 146 valence electrons. The number of methoxy groups -OCH3 is 1. The SMILES string of the molecule is COCCN(C(=O)c1cccs1)c1c(N)n(Cc2ccccc2)c(=O)[nH]c1=O. The van der Waals surface area contributed by atoms with E-state index >= 15 is 0 Å². The van der Waals surface area contributed by atoms with Gasteiger partial charge in [-0.3, -0.25) is 24.0 Å². The molecule has 0 spiro atoms. The van der Waals surface area contributed by atoms with Crippen LogP contribution < -0.4 is 21.9 Å². The summed E-state index contributed by atoms with van der Waals surface area (Å²) in [5.41, 5.74) is 5.63. The number of nitrogen functional groups attached to an aromatic ring is 1. The fourth-order valence-corrected chi connectivity index (χ4v) is 3.46. The lowest BCUT2D eigenvalue weighted by Crippen LogP contribution is -2.42. The van der Waals surface area contributed by atoms with Crippen molar-refractivity contribution in [3.8, 4) is 0 Å². The summed E-state index contributed by atoms with van der Waals surface area (Å²) in [6.07, 6.45) is 0. The number of carbonyl (C=O) groups is 1. The number of amides is 1. The number of aromatic nitrogens is 2. The molecule has 2 aromatic heterocycles. The average molecular weight is 400 g/mol. The molecule has 1 amide bonds. The smallest absolute Gasteiger partial charge is 0.330 e. The topological polar surface area (TPSA) is 110 Å². The van der Waals surface area contributed by atoms with E-state index in [-0.39, 0.29) is 37.1 Å². The molecule has 0 aliphatic heterocycles. The van der Waals surface area contributed by atoms with Gasteiger partial charge in [0.2, 0.25) is 0 Å². The number of rotatable bonds is 7. The molecule has 3 rings (SSSR count). The molecule has 3 N–H and O–H groups in total. The second-order valence-electron chi connectivity index (χ2n) is 5.99. The zero-order chi connectivity index (χ0) is 20.1. The first-order valence-electron chi connectivity index (χ1n) is 8.53. The fraction of sp³-hybridized carbons (Fsp3) is 0.211. The molecular weight excluding hydrogens is 380 g/mol. The maximum Gasteiger partial charge on any atom is 0.330 e. The molecule has 3 aromatic rings. The molecule has 2 heterocycles. The zero-order valence-corrected chi connectivity index (χ0v) is 16.1. The second-order valence-corrected chi connectivity index (χ2v) is 6.94. The van der Waals surface area contributed by atoms with Crippen LogP contribution in [0.3, 0.4) is 0 Å². The molecule has 0 fully saturated rings. The molecular formula is C19H20N4O4S. The van der Waals surface area contributed by atoms with Crippen LogP contribution in [0.1, 0.15) is 15.2 Å². The number of aromatic amines is 1. The first kappa shape index (κ1) is 19.6. The predicted molar refractivity (Wildman–Crippen MR) is 109 cm³/mol. The Labute approximate surface area is 164 Å². The summed E-state index contributed by atoms with van der Waals surface area (Å²) in [6.45, 7) is 0.485. The molecule has 0 aliphatic carbocycles. The third kappa shape index (κ3) is 4.05. The van der Waals surface area contributed by atoms with Crippen molar-refractivity contribution in [1.29, 1.82) is 0 Å². The average Bonchev–Trinajstić information content (AvgIpc) is 3.22. The quantitative estimate of drug-likeness (QED) is 0.625. The van der Waals surface area contributed by atoms with Crippen LogP contribution in [0, 0.1) is 0 Å². The molecule has 8 nitrogen and oxygen atoms in total. The van der Waals surface area contributed by atoms with Gasteiger partial charge in [-0.15, -0.1) is 11.3 Å². The van der Waals surface area contributed by atoms with Crippen molar-refractivity contribution >= 4 is 28.7 Å².